The fourth-order valence-electron chi connectivity index (χ4n) is 2.32. The van der Waals surface area contributed by atoms with Crippen molar-refractivity contribution >= 4 is 44.0 Å². The fraction of sp³-hybridized carbons (Fsp3) is 0.636. The van der Waals surface area contributed by atoms with Crippen LogP contribution in [0, 0.1) is 9.62 Å². The van der Waals surface area contributed by atoms with E-state index in [9.17, 15) is 5.11 Å². The first-order valence-corrected chi connectivity index (χ1v) is 8.04. The SMILES string of the molecule is O[C@H]1CC[C@H](CNc2nn3c(I)cnc3s2)CC1. The summed E-state index contributed by atoms with van der Waals surface area (Å²) in [5.74, 6) is 0.656. The van der Waals surface area contributed by atoms with Crippen LogP contribution in [0.1, 0.15) is 25.7 Å². The second-order valence-corrected chi connectivity index (χ2v) is 6.80. The summed E-state index contributed by atoms with van der Waals surface area (Å²) in [6, 6.07) is 0. The molecule has 1 aliphatic rings. The van der Waals surface area contributed by atoms with Crippen LogP contribution < -0.4 is 5.32 Å². The standard InChI is InChI=1S/C11H15IN4OS/c12-9-6-14-11-16(9)15-10(18-11)13-5-7-1-3-8(17)4-2-7/h6-8,17H,1-5H2,(H,13,15)/t7-,8-. The van der Waals surface area contributed by atoms with Crippen LogP contribution in [0.15, 0.2) is 6.20 Å². The first kappa shape index (κ1) is 12.6. The summed E-state index contributed by atoms with van der Waals surface area (Å²) in [6.45, 7) is 0.944. The van der Waals surface area contributed by atoms with Crippen molar-refractivity contribution in [1.29, 1.82) is 0 Å². The van der Waals surface area contributed by atoms with E-state index in [-0.39, 0.29) is 6.10 Å². The molecule has 2 heterocycles. The average Bonchev–Trinajstić information content (AvgIpc) is 2.91. The van der Waals surface area contributed by atoms with E-state index in [0.29, 0.717) is 5.92 Å². The number of aliphatic hydroxyl groups excluding tert-OH is 1. The number of fused-ring (bicyclic) bond motifs is 1. The lowest BCUT2D eigenvalue weighted by Gasteiger charge is -2.25. The summed E-state index contributed by atoms with van der Waals surface area (Å²) in [7, 11) is 0. The molecular weight excluding hydrogens is 363 g/mol. The number of rotatable bonds is 3. The zero-order valence-electron chi connectivity index (χ0n) is 9.84. The number of hydrogen-bond acceptors (Lipinski definition) is 5. The van der Waals surface area contributed by atoms with Gasteiger partial charge in [0.25, 0.3) is 0 Å². The average molecular weight is 378 g/mol. The van der Waals surface area contributed by atoms with Crippen molar-refractivity contribution in [3.05, 3.63) is 9.90 Å². The predicted molar refractivity (Wildman–Crippen MR) is 80.0 cm³/mol. The summed E-state index contributed by atoms with van der Waals surface area (Å²) < 4.78 is 2.89. The molecule has 0 saturated heterocycles. The lowest BCUT2D eigenvalue weighted by atomic mass is 9.87. The van der Waals surface area contributed by atoms with Gasteiger partial charge in [-0.2, -0.15) is 4.52 Å². The highest BCUT2D eigenvalue weighted by molar-refractivity contribution is 14.1. The fourth-order valence-corrected chi connectivity index (χ4v) is 3.74. The molecule has 0 unspecified atom stereocenters. The van der Waals surface area contributed by atoms with Gasteiger partial charge in [0.05, 0.1) is 12.3 Å². The van der Waals surface area contributed by atoms with Crippen LogP contribution in [0.2, 0.25) is 0 Å². The second kappa shape index (κ2) is 5.30. The molecular formula is C11H15IN4OS. The van der Waals surface area contributed by atoms with E-state index in [1.807, 2.05) is 10.7 Å². The van der Waals surface area contributed by atoms with Gasteiger partial charge in [0.1, 0.15) is 3.70 Å². The van der Waals surface area contributed by atoms with E-state index in [1.54, 1.807) is 11.3 Å². The van der Waals surface area contributed by atoms with E-state index in [1.165, 1.54) is 0 Å². The maximum Gasteiger partial charge on any atom is 0.214 e. The number of imidazole rings is 1. The van der Waals surface area contributed by atoms with Gasteiger partial charge in [0, 0.05) is 6.54 Å². The smallest absolute Gasteiger partial charge is 0.214 e. The molecule has 0 aliphatic heterocycles. The minimum Gasteiger partial charge on any atom is -0.393 e. The Labute approximate surface area is 123 Å². The summed E-state index contributed by atoms with van der Waals surface area (Å²) in [5, 5.41) is 18.3. The van der Waals surface area contributed by atoms with Crippen LogP contribution in [-0.4, -0.2) is 32.4 Å². The van der Waals surface area contributed by atoms with Crippen molar-refractivity contribution in [2.24, 2.45) is 5.92 Å². The maximum absolute atomic E-state index is 9.47. The van der Waals surface area contributed by atoms with E-state index >= 15 is 0 Å². The third-order valence-corrected chi connectivity index (χ3v) is 5.02. The Morgan fingerprint density at radius 3 is 2.94 bits per heavy atom. The quantitative estimate of drug-likeness (QED) is 0.806. The van der Waals surface area contributed by atoms with Crippen molar-refractivity contribution in [3.63, 3.8) is 0 Å². The minimum absolute atomic E-state index is 0.0778. The zero-order chi connectivity index (χ0) is 12.5. The van der Waals surface area contributed by atoms with Gasteiger partial charge >= 0.3 is 0 Å². The van der Waals surface area contributed by atoms with Gasteiger partial charge in [-0.3, -0.25) is 0 Å². The second-order valence-electron chi connectivity index (χ2n) is 4.74. The highest BCUT2D eigenvalue weighted by Gasteiger charge is 2.19. The summed E-state index contributed by atoms with van der Waals surface area (Å²) in [6.07, 6.45) is 5.83. The van der Waals surface area contributed by atoms with E-state index in [4.69, 9.17) is 0 Å². The van der Waals surface area contributed by atoms with E-state index in [2.05, 4.69) is 38.0 Å². The molecule has 3 rings (SSSR count). The molecule has 0 amide bonds. The van der Waals surface area contributed by atoms with Crippen LogP contribution in [0.5, 0.6) is 0 Å². The molecule has 1 fully saturated rings. The highest BCUT2D eigenvalue weighted by Crippen LogP contribution is 2.26. The van der Waals surface area contributed by atoms with Crippen molar-refractivity contribution in [1.82, 2.24) is 14.6 Å². The molecule has 1 saturated carbocycles. The summed E-state index contributed by atoms with van der Waals surface area (Å²) >= 11 is 3.81. The van der Waals surface area contributed by atoms with Gasteiger partial charge in [0.15, 0.2) is 0 Å². The number of nitrogens with zero attached hydrogens (tertiary/aromatic N) is 3. The molecule has 5 nitrogen and oxygen atoms in total. The minimum atomic E-state index is -0.0778. The monoisotopic (exact) mass is 378 g/mol. The Balaban J connectivity index is 1.59. The topological polar surface area (TPSA) is 62.5 Å². The largest absolute Gasteiger partial charge is 0.393 e. The highest BCUT2D eigenvalue weighted by atomic mass is 127. The number of hydrogen-bond donors (Lipinski definition) is 2. The Morgan fingerprint density at radius 2 is 2.22 bits per heavy atom. The molecule has 0 atom stereocenters. The Bertz CT molecular complexity index is 532. The van der Waals surface area contributed by atoms with Gasteiger partial charge in [-0.1, -0.05) is 11.3 Å². The zero-order valence-corrected chi connectivity index (χ0v) is 12.8. The van der Waals surface area contributed by atoms with Crippen molar-refractivity contribution in [2.75, 3.05) is 11.9 Å². The predicted octanol–water partition coefficient (Wildman–Crippen LogP) is 2.36. The number of nitrogens with one attached hydrogen (secondary N) is 1. The molecule has 0 radical (unpaired) electrons. The molecule has 98 valence electrons. The van der Waals surface area contributed by atoms with Crippen LogP contribution in [-0.2, 0) is 0 Å². The van der Waals surface area contributed by atoms with Gasteiger partial charge in [-0.25, -0.2) is 4.98 Å². The third-order valence-electron chi connectivity index (χ3n) is 3.40. The Morgan fingerprint density at radius 1 is 1.44 bits per heavy atom. The lowest BCUT2D eigenvalue weighted by molar-refractivity contribution is 0.111. The first-order chi connectivity index (χ1) is 8.72. The van der Waals surface area contributed by atoms with Gasteiger partial charge in [0.2, 0.25) is 10.1 Å². The molecule has 7 heteroatoms. The molecule has 2 aromatic heterocycles. The van der Waals surface area contributed by atoms with Crippen molar-refractivity contribution in [2.45, 2.75) is 31.8 Å². The number of halogens is 1. The lowest BCUT2D eigenvalue weighted by Crippen LogP contribution is -2.23. The normalized spacial score (nSPS) is 24.6. The third kappa shape index (κ3) is 2.62. The summed E-state index contributed by atoms with van der Waals surface area (Å²) in [4.78, 5) is 5.21. The molecule has 2 N–H and O–H groups in total. The van der Waals surface area contributed by atoms with Crippen molar-refractivity contribution < 1.29 is 5.11 Å². The molecule has 0 spiro atoms. The van der Waals surface area contributed by atoms with E-state index in [0.717, 1.165) is 46.0 Å². The van der Waals surface area contributed by atoms with Gasteiger partial charge < -0.3 is 10.4 Å². The van der Waals surface area contributed by atoms with Crippen LogP contribution in [0.25, 0.3) is 4.96 Å². The summed E-state index contributed by atoms with van der Waals surface area (Å²) in [5.41, 5.74) is 0. The van der Waals surface area contributed by atoms with Crippen molar-refractivity contribution in [3.8, 4) is 0 Å². The Kier molecular flexibility index (Phi) is 3.71. The van der Waals surface area contributed by atoms with Gasteiger partial charge in [-0.15, -0.1) is 5.10 Å². The van der Waals surface area contributed by atoms with E-state index < -0.39 is 0 Å². The number of anilines is 1. The van der Waals surface area contributed by atoms with Crippen LogP contribution >= 0.6 is 33.9 Å². The molecule has 0 aromatic carbocycles. The van der Waals surface area contributed by atoms with Gasteiger partial charge in [-0.05, 0) is 54.2 Å². The number of aromatic nitrogens is 3. The molecule has 0 bridgehead atoms. The Hall–Kier alpha value is -0.410. The molecule has 1 aliphatic carbocycles. The molecule has 18 heavy (non-hydrogen) atoms. The number of aliphatic hydroxyl groups is 1. The van der Waals surface area contributed by atoms with Crippen LogP contribution in [0.3, 0.4) is 0 Å². The molecule has 2 aromatic rings. The van der Waals surface area contributed by atoms with Crippen LogP contribution in [0.4, 0.5) is 5.13 Å². The first-order valence-electron chi connectivity index (χ1n) is 6.14. The maximum atomic E-state index is 9.47.